The van der Waals surface area contributed by atoms with Gasteiger partial charge in [-0.1, -0.05) is 20.8 Å². The summed E-state index contributed by atoms with van der Waals surface area (Å²) in [5, 5.41) is 0.212. The zero-order chi connectivity index (χ0) is 17.1. The van der Waals surface area contributed by atoms with Crippen molar-refractivity contribution in [3.63, 3.8) is 0 Å². The maximum Gasteiger partial charge on any atom is 0.280 e. The number of rotatable bonds is 5. The maximum atomic E-state index is 12.1. The van der Waals surface area contributed by atoms with Crippen LogP contribution in [-0.4, -0.2) is 31.8 Å². The van der Waals surface area contributed by atoms with Gasteiger partial charge in [-0.2, -0.15) is 4.99 Å². The van der Waals surface area contributed by atoms with Crippen molar-refractivity contribution in [3.8, 4) is 0 Å². The maximum absolute atomic E-state index is 12.1. The van der Waals surface area contributed by atoms with Gasteiger partial charge in [-0.25, -0.2) is 8.42 Å². The van der Waals surface area contributed by atoms with E-state index in [1.54, 1.807) is 6.07 Å². The lowest BCUT2D eigenvalue weighted by Crippen LogP contribution is -2.24. The Morgan fingerprint density at radius 1 is 1.32 bits per heavy atom. The molecule has 0 aliphatic carbocycles. The van der Waals surface area contributed by atoms with Crippen molar-refractivity contribution in [2.45, 2.75) is 42.2 Å². The monoisotopic (exact) mass is 343 g/mol. The molecule has 0 radical (unpaired) electrons. The van der Waals surface area contributed by atoms with E-state index in [1.165, 1.54) is 17.8 Å². The van der Waals surface area contributed by atoms with Crippen LogP contribution in [0.1, 0.15) is 36.7 Å². The third kappa shape index (κ3) is 4.74. The highest BCUT2D eigenvalue weighted by atomic mass is 32.2. The van der Waals surface area contributed by atoms with E-state index in [2.05, 4.69) is 4.99 Å². The minimum absolute atomic E-state index is 0.123. The van der Waals surface area contributed by atoms with Crippen LogP contribution in [0.4, 0.5) is 0 Å². The molecule has 0 heterocycles. The van der Waals surface area contributed by atoms with Crippen LogP contribution >= 0.6 is 11.8 Å². The van der Waals surface area contributed by atoms with Crippen LogP contribution in [0.25, 0.3) is 0 Å². The number of aryl methyl sites for hydroxylation is 1. The zero-order valence-corrected chi connectivity index (χ0v) is 14.7. The second kappa shape index (κ2) is 7.15. The molecule has 0 fully saturated rings. The van der Waals surface area contributed by atoms with Crippen LogP contribution in [0, 0.1) is 0 Å². The van der Waals surface area contributed by atoms with Crippen LogP contribution in [0.5, 0.6) is 0 Å². The van der Waals surface area contributed by atoms with Crippen LogP contribution in [0.15, 0.2) is 26.9 Å². The fraction of sp³-hybridized carbons (Fsp3) is 0.429. The minimum atomic E-state index is -3.47. The van der Waals surface area contributed by atoms with E-state index in [1.807, 2.05) is 20.8 Å². The van der Waals surface area contributed by atoms with E-state index < -0.39 is 15.7 Å². The van der Waals surface area contributed by atoms with Gasteiger partial charge < -0.3 is 11.5 Å². The fourth-order valence-corrected chi connectivity index (χ4v) is 4.15. The number of amides is 1. The van der Waals surface area contributed by atoms with E-state index in [4.69, 9.17) is 11.5 Å². The Morgan fingerprint density at radius 2 is 1.91 bits per heavy atom. The molecular weight excluding hydrogens is 322 g/mol. The van der Waals surface area contributed by atoms with Crippen molar-refractivity contribution in [1.29, 1.82) is 0 Å². The first kappa shape index (κ1) is 18.5. The van der Waals surface area contributed by atoms with Crippen molar-refractivity contribution in [1.82, 2.24) is 0 Å². The summed E-state index contributed by atoms with van der Waals surface area (Å²) in [4.78, 5) is 16.4. The Morgan fingerprint density at radius 3 is 2.32 bits per heavy atom. The zero-order valence-electron chi connectivity index (χ0n) is 13.1. The summed E-state index contributed by atoms with van der Waals surface area (Å²) in [7, 11) is -3.47. The van der Waals surface area contributed by atoms with Crippen molar-refractivity contribution in [2.24, 2.45) is 16.5 Å². The Bertz CT molecular complexity index is 706. The molecule has 0 aromatic heterocycles. The molecule has 0 saturated carbocycles. The number of aliphatic imine (C=N–C) groups is 1. The van der Waals surface area contributed by atoms with Gasteiger partial charge in [0, 0.05) is 22.0 Å². The van der Waals surface area contributed by atoms with Crippen molar-refractivity contribution in [3.05, 3.63) is 23.3 Å². The quantitative estimate of drug-likeness (QED) is 0.476. The van der Waals surface area contributed by atoms with Gasteiger partial charge in [0.1, 0.15) is 0 Å². The van der Waals surface area contributed by atoms with E-state index in [9.17, 15) is 13.2 Å². The molecule has 0 aliphatic heterocycles. The average Bonchev–Trinajstić information content (AvgIpc) is 2.35. The van der Waals surface area contributed by atoms with E-state index in [-0.39, 0.29) is 21.7 Å². The number of hydrogen-bond acceptors (Lipinski definition) is 4. The van der Waals surface area contributed by atoms with E-state index >= 15 is 0 Å². The molecule has 1 aromatic carbocycles. The van der Waals surface area contributed by atoms with Crippen molar-refractivity contribution >= 4 is 33.5 Å². The van der Waals surface area contributed by atoms with Gasteiger partial charge in [-0.15, -0.1) is 11.8 Å². The van der Waals surface area contributed by atoms with Crippen molar-refractivity contribution < 1.29 is 13.2 Å². The lowest BCUT2D eigenvalue weighted by molar-refractivity contribution is 0.100. The molecule has 0 spiro atoms. The molecule has 8 heteroatoms. The first-order chi connectivity index (χ1) is 10.1. The molecule has 1 rings (SSSR count). The molecule has 122 valence electrons. The first-order valence-corrected chi connectivity index (χ1v) is 9.51. The van der Waals surface area contributed by atoms with Gasteiger partial charge >= 0.3 is 0 Å². The largest absolute Gasteiger partial charge is 0.370 e. The van der Waals surface area contributed by atoms with Gasteiger partial charge in [-0.05, 0) is 24.1 Å². The third-order valence-corrected chi connectivity index (χ3v) is 5.10. The second-order valence-electron chi connectivity index (χ2n) is 5.09. The first-order valence-electron chi connectivity index (χ1n) is 6.73. The fourth-order valence-electron chi connectivity index (χ4n) is 1.91. The van der Waals surface area contributed by atoms with E-state index in [0.29, 0.717) is 16.9 Å². The van der Waals surface area contributed by atoms with E-state index in [0.717, 1.165) is 6.26 Å². The number of nitrogens with zero attached hydrogens (tertiary/aromatic N) is 1. The topological polar surface area (TPSA) is 116 Å². The number of thioether (sulfide) groups is 1. The van der Waals surface area contributed by atoms with Crippen LogP contribution in [0.2, 0.25) is 0 Å². The second-order valence-corrected chi connectivity index (χ2v) is 8.69. The number of hydrogen-bond donors (Lipinski definition) is 2. The number of nitrogens with two attached hydrogens (primary N) is 2. The van der Waals surface area contributed by atoms with Gasteiger partial charge in [0.05, 0.1) is 4.90 Å². The molecule has 1 amide bonds. The Balaban J connectivity index is 3.60. The normalized spacial score (nSPS) is 11.5. The highest BCUT2D eigenvalue weighted by Crippen LogP contribution is 2.33. The summed E-state index contributed by atoms with van der Waals surface area (Å²) in [6.07, 6.45) is 1.68. The number of carbonyl (C=O) groups is 1. The summed E-state index contributed by atoms with van der Waals surface area (Å²) in [6.45, 7) is 5.83. The summed E-state index contributed by atoms with van der Waals surface area (Å²) >= 11 is 1.44. The molecule has 0 unspecified atom stereocenters. The predicted octanol–water partition coefficient (Wildman–Crippen LogP) is 1.57. The third-order valence-electron chi connectivity index (χ3n) is 2.77. The summed E-state index contributed by atoms with van der Waals surface area (Å²) < 4.78 is 24.0. The number of carbonyl (C=O) groups excluding carboxylic acids is 1. The average molecular weight is 343 g/mol. The molecule has 0 aliphatic rings. The Hall–Kier alpha value is -1.54. The van der Waals surface area contributed by atoms with Crippen LogP contribution < -0.4 is 11.5 Å². The standard InChI is InChI=1S/C14H21N3O3S2/c1-5-9-6-11(21-8(2)3)12(22(4,19)20)7-10(9)13(18)17-14(15)16/h6-8H,5H2,1-4H3,(H4,15,16,17,18). The minimum Gasteiger partial charge on any atom is -0.370 e. The number of guanidine groups is 1. The Labute approximate surface area is 135 Å². The summed E-state index contributed by atoms with van der Waals surface area (Å²) in [5.41, 5.74) is 11.4. The number of benzene rings is 1. The molecule has 0 saturated heterocycles. The lowest BCUT2D eigenvalue weighted by atomic mass is 10.0. The van der Waals surface area contributed by atoms with Crippen LogP contribution in [-0.2, 0) is 16.3 Å². The molecule has 0 atom stereocenters. The molecule has 6 nitrogen and oxygen atoms in total. The highest BCUT2D eigenvalue weighted by molar-refractivity contribution is 8.00. The molecule has 0 bridgehead atoms. The summed E-state index contributed by atoms with van der Waals surface area (Å²) in [6, 6.07) is 3.10. The predicted molar refractivity (Wildman–Crippen MR) is 90.1 cm³/mol. The van der Waals surface area contributed by atoms with Gasteiger partial charge in [0.2, 0.25) is 0 Å². The van der Waals surface area contributed by atoms with Crippen LogP contribution in [0.3, 0.4) is 0 Å². The van der Waals surface area contributed by atoms with Gasteiger partial charge in [0.25, 0.3) is 5.91 Å². The summed E-state index contributed by atoms with van der Waals surface area (Å²) in [5.74, 6) is -0.989. The lowest BCUT2D eigenvalue weighted by Gasteiger charge is -2.14. The van der Waals surface area contributed by atoms with Gasteiger partial charge in [0.15, 0.2) is 15.8 Å². The molecule has 4 N–H and O–H groups in total. The molecule has 1 aromatic rings. The highest BCUT2D eigenvalue weighted by Gasteiger charge is 2.21. The van der Waals surface area contributed by atoms with Crippen molar-refractivity contribution in [2.75, 3.05) is 6.26 Å². The van der Waals surface area contributed by atoms with Gasteiger partial charge in [-0.3, -0.25) is 4.79 Å². The number of sulfone groups is 1. The Kier molecular flexibility index (Phi) is 6.01. The molecule has 22 heavy (non-hydrogen) atoms. The SMILES string of the molecule is CCc1cc(SC(C)C)c(S(C)(=O)=O)cc1C(=O)N=C(N)N. The molecular formula is C14H21N3O3S2. The smallest absolute Gasteiger partial charge is 0.280 e.